The van der Waals surface area contributed by atoms with Crippen LogP contribution in [0.1, 0.15) is 15.9 Å². The summed E-state index contributed by atoms with van der Waals surface area (Å²) in [5, 5.41) is 0. The molecule has 0 saturated heterocycles. The maximum atomic E-state index is 13.3. The van der Waals surface area contributed by atoms with Crippen molar-refractivity contribution in [3.05, 3.63) is 59.4 Å². The van der Waals surface area contributed by atoms with E-state index in [1.54, 1.807) is 11.0 Å². The lowest BCUT2D eigenvalue weighted by atomic mass is 10.1. The molecule has 2 aromatic rings. The van der Waals surface area contributed by atoms with E-state index in [9.17, 15) is 9.18 Å². The standard InChI is InChI=1S/C16H15FN2O2/c17-13-3-1-2-12(9-13)16(20)19-6-7-21-15-8-11(10-18)4-5-14(15)19/h1-5,8-9H,6-7,10,18H2. The van der Waals surface area contributed by atoms with Gasteiger partial charge in [-0.25, -0.2) is 4.39 Å². The molecule has 0 bridgehead atoms. The molecule has 1 amide bonds. The van der Waals surface area contributed by atoms with Gasteiger partial charge in [0.2, 0.25) is 0 Å². The Bertz CT molecular complexity index is 688. The molecule has 1 aliphatic rings. The minimum absolute atomic E-state index is 0.237. The van der Waals surface area contributed by atoms with Gasteiger partial charge in [-0.1, -0.05) is 12.1 Å². The number of carbonyl (C=O) groups excluding carboxylic acids is 1. The summed E-state index contributed by atoms with van der Waals surface area (Å²) in [4.78, 5) is 14.2. The molecule has 5 heteroatoms. The van der Waals surface area contributed by atoms with Crippen molar-refractivity contribution in [2.45, 2.75) is 6.54 Å². The Morgan fingerprint density at radius 2 is 2.14 bits per heavy atom. The normalized spacial score (nSPS) is 13.5. The molecule has 0 aliphatic carbocycles. The first-order chi connectivity index (χ1) is 10.2. The molecule has 0 atom stereocenters. The average Bonchev–Trinajstić information content (AvgIpc) is 2.53. The van der Waals surface area contributed by atoms with E-state index in [0.717, 1.165) is 5.56 Å². The minimum atomic E-state index is -0.423. The van der Waals surface area contributed by atoms with E-state index < -0.39 is 5.82 Å². The predicted molar refractivity (Wildman–Crippen MR) is 77.9 cm³/mol. The van der Waals surface area contributed by atoms with E-state index in [0.29, 0.717) is 36.7 Å². The Morgan fingerprint density at radius 3 is 2.90 bits per heavy atom. The van der Waals surface area contributed by atoms with Crippen molar-refractivity contribution in [2.75, 3.05) is 18.1 Å². The first kappa shape index (κ1) is 13.6. The number of ether oxygens (including phenoxy) is 1. The second-order valence-corrected chi connectivity index (χ2v) is 4.82. The summed E-state index contributed by atoms with van der Waals surface area (Å²) in [5.41, 5.74) is 7.56. The summed E-state index contributed by atoms with van der Waals surface area (Å²) >= 11 is 0. The topological polar surface area (TPSA) is 55.6 Å². The largest absolute Gasteiger partial charge is 0.490 e. The van der Waals surface area contributed by atoms with E-state index in [1.165, 1.54) is 18.2 Å². The highest BCUT2D eigenvalue weighted by Crippen LogP contribution is 2.33. The molecule has 0 unspecified atom stereocenters. The first-order valence-electron chi connectivity index (χ1n) is 6.72. The maximum absolute atomic E-state index is 13.3. The van der Waals surface area contributed by atoms with Crippen LogP contribution in [0.25, 0.3) is 0 Å². The third kappa shape index (κ3) is 2.60. The Kier molecular flexibility index (Phi) is 3.58. The van der Waals surface area contributed by atoms with Crippen molar-refractivity contribution in [3.63, 3.8) is 0 Å². The number of rotatable bonds is 2. The Balaban J connectivity index is 1.96. The van der Waals surface area contributed by atoms with Crippen LogP contribution >= 0.6 is 0 Å². The summed E-state index contributed by atoms with van der Waals surface area (Å²) < 4.78 is 18.9. The lowest BCUT2D eigenvalue weighted by molar-refractivity contribution is 0.0976. The molecule has 0 radical (unpaired) electrons. The van der Waals surface area contributed by atoms with Crippen LogP contribution < -0.4 is 15.4 Å². The fraction of sp³-hybridized carbons (Fsp3) is 0.188. The lowest BCUT2D eigenvalue weighted by Crippen LogP contribution is -2.38. The van der Waals surface area contributed by atoms with Gasteiger partial charge in [0.15, 0.2) is 0 Å². The van der Waals surface area contributed by atoms with Gasteiger partial charge in [-0.3, -0.25) is 4.79 Å². The second kappa shape index (κ2) is 5.54. The zero-order valence-electron chi connectivity index (χ0n) is 11.4. The molecule has 1 heterocycles. The average molecular weight is 286 g/mol. The molecule has 0 saturated carbocycles. The SMILES string of the molecule is NCc1ccc2c(c1)OCCN2C(=O)c1cccc(F)c1. The van der Waals surface area contributed by atoms with Crippen LogP contribution in [0.5, 0.6) is 5.75 Å². The third-order valence-corrected chi connectivity index (χ3v) is 3.44. The maximum Gasteiger partial charge on any atom is 0.258 e. The predicted octanol–water partition coefficient (Wildman–Crippen LogP) is 2.32. The number of carbonyl (C=O) groups is 1. The van der Waals surface area contributed by atoms with Crippen LogP contribution in [-0.2, 0) is 6.54 Å². The smallest absolute Gasteiger partial charge is 0.258 e. The van der Waals surface area contributed by atoms with E-state index in [2.05, 4.69) is 0 Å². The minimum Gasteiger partial charge on any atom is -0.490 e. The third-order valence-electron chi connectivity index (χ3n) is 3.44. The van der Waals surface area contributed by atoms with Crippen molar-refractivity contribution >= 4 is 11.6 Å². The molecule has 21 heavy (non-hydrogen) atoms. The molecule has 108 valence electrons. The zero-order valence-corrected chi connectivity index (χ0v) is 11.4. The molecule has 3 rings (SSSR count). The van der Waals surface area contributed by atoms with E-state index in [-0.39, 0.29) is 5.91 Å². The van der Waals surface area contributed by atoms with Crippen LogP contribution in [0.2, 0.25) is 0 Å². The van der Waals surface area contributed by atoms with Gasteiger partial charge < -0.3 is 15.4 Å². The van der Waals surface area contributed by atoms with Gasteiger partial charge in [-0.05, 0) is 35.9 Å². The van der Waals surface area contributed by atoms with Crippen LogP contribution in [0.15, 0.2) is 42.5 Å². The van der Waals surface area contributed by atoms with E-state index >= 15 is 0 Å². The van der Waals surface area contributed by atoms with Gasteiger partial charge in [0, 0.05) is 12.1 Å². The highest BCUT2D eigenvalue weighted by atomic mass is 19.1. The number of hydrogen-bond donors (Lipinski definition) is 1. The van der Waals surface area contributed by atoms with E-state index in [4.69, 9.17) is 10.5 Å². The molecule has 0 fully saturated rings. The van der Waals surface area contributed by atoms with Crippen molar-refractivity contribution < 1.29 is 13.9 Å². The monoisotopic (exact) mass is 286 g/mol. The number of nitrogens with zero attached hydrogens (tertiary/aromatic N) is 1. The Morgan fingerprint density at radius 1 is 1.29 bits per heavy atom. The summed E-state index contributed by atoms with van der Waals surface area (Å²) in [7, 11) is 0. The Labute approximate surface area is 121 Å². The van der Waals surface area contributed by atoms with E-state index in [1.807, 2.05) is 18.2 Å². The van der Waals surface area contributed by atoms with Gasteiger partial charge in [0.25, 0.3) is 5.91 Å². The van der Waals surface area contributed by atoms with Crippen LogP contribution in [-0.4, -0.2) is 19.1 Å². The number of hydrogen-bond acceptors (Lipinski definition) is 3. The second-order valence-electron chi connectivity index (χ2n) is 4.82. The van der Waals surface area contributed by atoms with Crippen LogP contribution in [0, 0.1) is 5.82 Å². The number of amides is 1. The van der Waals surface area contributed by atoms with Crippen molar-refractivity contribution in [1.82, 2.24) is 0 Å². The number of benzene rings is 2. The highest BCUT2D eigenvalue weighted by molar-refractivity contribution is 6.07. The first-order valence-corrected chi connectivity index (χ1v) is 6.72. The number of fused-ring (bicyclic) bond motifs is 1. The highest BCUT2D eigenvalue weighted by Gasteiger charge is 2.25. The van der Waals surface area contributed by atoms with Crippen molar-refractivity contribution in [1.29, 1.82) is 0 Å². The van der Waals surface area contributed by atoms with Crippen LogP contribution in [0.3, 0.4) is 0 Å². The number of halogens is 1. The van der Waals surface area contributed by atoms with Gasteiger partial charge >= 0.3 is 0 Å². The molecule has 0 spiro atoms. The molecule has 2 N–H and O–H groups in total. The molecule has 0 aromatic heterocycles. The molecule has 4 nitrogen and oxygen atoms in total. The van der Waals surface area contributed by atoms with Gasteiger partial charge in [0.05, 0.1) is 12.2 Å². The summed E-state index contributed by atoms with van der Waals surface area (Å²) in [6.45, 7) is 1.25. The molecular weight excluding hydrogens is 271 g/mol. The molecular formula is C16H15FN2O2. The summed E-state index contributed by atoms with van der Waals surface area (Å²) in [6.07, 6.45) is 0. The van der Waals surface area contributed by atoms with Crippen molar-refractivity contribution in [2.24, 2.45) is 5.73 Å². The van der Waals surface area contributed by atoms with Gasteiger partial charge in [-0.15, -0.1) is 0 Å². The molecule has 1 aliphatic heterocycles. The molecule has 2 aromatic carbocycles. The summed E-state index contributed by atoms with van der Waals surface area (Å²) in [6, 6.07) is 11.2. The zero-order chi connectivity index (χ0) is 14.8. The van der Waals surface area contributed by atoms with Crippen LogP contribution in [0.4, 0.5) is 10.1 Å². The number of nitrogens with two attached hydrogens (primary N) is 1. The fourth-order valence-corrected chi connectivity index (χ4v) is 2.38. The van der Waals surface area contributed by atoms with Gasteiger partial charge in [0.1, 0.15) is 18.2 Å². The van der Waals surface area contributed by atoms with Gasteiger partial charge in [-0.2, -0.15) is 0 Å². The summed E-state index contributed by atoms with van der Waals surface area (Å²) in [5.74, 6) is -0.0266. The quantitative estimate of drug-likeness (QED) is 0.921. The lowest BCUT2D eigenvalue weighted by Gasteiger charge is -2.30. The fourth-order valence-electron chi connectivity index (χ4n) is 2.38. The number of anilines is 1. The Hall–Kier alpha value is -2.40. The van der Waals surface area contributed by atoms with Crippen molar-refractivity contribution in [3.8, 4) is 5.75 Å².